The summed E-state index contributed by atoms with van der Waals surface area (Å²) in [6.45, 7) is 14.3. The minimum absolute atomic E-state index is 0.219. The number of hydrogen-bond donors (Lipinski definition) is 0. The van der Waals surface area contributed by atoms with E-state index in [9.17, 15) is 14.4 Å². The van der Waals surface area contributed by atoms with E-state index in [2.05, 4.69) is 42.4 Å². The number of hydrogen-bond acceptors (Lipinski definition) is 5. The summed E-state index contributed by atoms with van der Waals surface area (Å²) in [4.78, 5) is 53.4. The zero-order chi connectivity index (χ0) is 63.4. The van der Waals surface area contributed by atoms with Gasteiger partial charge in [-0.1, -0.05) is 387 Å². The molecule has 7 heteroatoms. The summed E-state index contributed by atoms with van der Waals surface area (Å²) in [5, 5.41) is 0. The molecule has 0 aliphatic carbocycles. The Kier molecular flexibility index (Phi) is 66.3. The molecule has 0 unspecified atom stereocenters. The summed E-state index contributed by atoms with van der Waals surface area (Å²) in [5.41, 5.74) is 0. The number of amidine groups is 1. The van der Waals surface area contributed by atoms with Gasteiger partial charge in [-0.05, 0) is 32.1 Å². The van der Waals surface area contributed by atoms with Crippen LogP contribution in [0.5, 0.6) is 0 Å². The van der Waals surface area contributed by atoms with Crippen molar-refractivity contribution in [3.63, 3.8) is 0 Å². The smallest absolute Gasteiger partial charge is 0.222 e. The van der Waals surface area contributed by atoms with Crippen molar-refractivity contribution in [2.24, 2.45) is 4.99 Å². The lowest BCUT2D eigenvalue weighted by Gasteiger charge is -2.30. The summed E-state index contributed by atoms with van der Waals surface area (Å²) in [5.74, 6) is 2.08. The second-order valence-corrected chi connectivity index (χ2v) is 28.5. The van der Waals surface area contributed by atoms with Crippen molar-refractivity contribution in [2.75, 3.05) is 45.8 Å². The summed E-state index contributed by atoms with van der Waals surface area (Å²) in [6, 6.07) is 0. The normalized spacial score (nSPS) is 12.5. The number of amides is 2. The molecular weight excluding hydrogens is 1080 g/mol. The van der Waals surface area contributed by atoms with Crippen molar-refractivity contribution in [1.82, 2.24) is 14.7 Å². The zero-order valence-corrected chi connectivity index (χ0v) is 60.6. The van der Waals surface area contributed by atoms with E-state index in [0.717, 1.165) is 71.0 Å². The van der Waals surface area contributed by atoms with E-state index in [4.69, 9.17) is 4.99 Å². The van der Waals surface area contributed by atoms with Gasteiger partial charge in [-0.3, -0.25) is 19.4 Å². The number of carbonyl (C=O) groups excluding carboxylic acids is 3. The number of nitrogens with zero attached hydrogens (tertiary/aromatic N) is 4. The third-order valence-corrected chi connectivity index (χ3v) is 19.9. The van der Waals surface area contributed by atoms with Crippen LogP contribution in [0.3, 0.4) is 0 Å². The van der Waals surface area contributed by atoms with Gasteiger partial charge in [0.2, 0.25) is 11.8 Å². The van der Waals surface area contributed by atoms with Gasteiger partial charge in [-0.15, -0.1) is 0 Å². The fourth-order valence-electron chi connectivity index (χ4n) is 13.8. The SMILES string of the molecule is CCCCCCCCCCCCCCCCCC(=O)CCCN(CCN(CCN1CCN=C1CCCCCCCCCCCCCCCCC)C(=O)CCCCCCCCCCCCCCCCC)C(=O)CCCCCCCCCCCCCCCCC. The first-order valence-corrected chi connectivity index (χ1v) is 40.8. The molecular formula is C81H158N4O3. The Morgan fingerprint density at radius 3 is 0.818 bits per heavy atom. The molecule has 0 N–H and O–H groups in total. The Morgan fingerprint density at radius 1 is 0.284 bits per heavy atom. The predicted octanol–water partition coefficient (Wildman–Crippen LogP) is 25.8. The molecule has 0 bridgehead atoms. The second kappa shape index (κ2) is 69.4. The first-order chi connectivity index (χ1) is 43.5. The first-order valence-electron chi connectivity index (χ1n) is 40.8. The van der Waals surface area contributed by atoms with E-state index in [0.29, 0.717) is 57.6 Å². The predicted molar refractivity (Wildman–Crippen MR) is 389 cm³/mol. The highest BCUT2D eigenvalue weighted by Crippen LogP contribution is 2.21. The fraction of sp³-hybridized carbons (Fsp3) is 0.951. The Bertz CT molecular complexity index is 1480. The van der Waals surface area contributed by atoms with E-state index >= 15 is 0 Å². The second-order valence-electron chi connectivity index (χ2n) is 28.5. The lowest BCUT2D eigenvalue weighted by atomic mass is 10.0. The van der Waals surface area contributed by atoms with Gasteiger partial charge in [0.05, 0.1) is 12.4 Å². The van der Waals surface area contributed by atoms with Crippen LogP contribution in [-0.2, 0) is 14.4 Å². The van der Waals surface area contributed by atoms with Gasteiger partial charge < -0.3 is 14.7 Å². The van der Waals surface area contributed by atoms with Crippen molar-refractivity contribution in [1.29, 1.82) is 0 Å². The molecule has 0 aromatic carbocycles. The minimum atomic E-state index is 0.219. The molecule has 0 saturated heterocycles. The van der Waals surface area contributed by atoms with Crippen LogP contribution in [0.2, 0.25) is 0 Å². The highest BCUT2D eigenvalue weighted by molar-refractivity contribution is 5.84. The number of carbonyl (C=O) groups is 3. The molecule has 88 heavy (non-hydrogen) atoms. The molecule has 0 fully saturated rings. The highest BCUT2D eigenvalue weighted by atomic mass is 16.2. The number of aliphatic imine (C=N–C) groups is 1. The summed E-state index contributed by atoms with van der Waals surface area (Å²) in [6.07, 6.45) is 84.4. The average molecular weight is 1240 g/mol. The van der Waals surface area contributed by atoms with Crippen molar-refractivity contribution in [3.8, 4) is 0 Å². The van der Waals surface area contributed by atoms with Crippen LogP contribution in [0.1, 0.15) is 451 Å². The monoisotopic (exact) mass is 1240 g/mol. The highest BCUT2D eigenvalue weighted by Gasteiger charge is 2.22. The van der Waals surface area contributed by atoms with Gasteiger partial charge in [-0.2, -0.15) is 0 Å². The van der Waals surface area contributed by atoms with Crippen LogP contribution in [0.25, 0.3) is 0 Å². The Balaban J connectivity index is 2.78. The molecule has 1 heterocycles. The molecule has 1 aliphatic heterocycles. The maximum absolute atomic E-state index is 14.3. The third-order valence-electron chi connectivity index (χ3n) is 19.9. The molecule has 2 amide bonds. The van der Waals surface area contributed by atoms with Crippen LogP contribution in [0.4, 0.5) is 0 Å². The number of Topliss-reactive ketones (excluding diaryl/α,β-unsaturated/α-hetero) is 1. The third kappa shape index (κ3) is 57.9. The van der Waals surface area contributed by atoms with Gasteiger partial charge in [0, 0.05) is 71.4 Å². The van der Waals surface area contributed by atoms with Crippen molar-refractivity contribution in [2.45, 2.75) is 451 Å². The summed E-state index contributed by atoms with van der Waals surface area (Å²) >= 11 is 0. The molecule has 520 valence electrons. The van der Waals surface area contributed by atoms with Gasteiger partial charge in [0.25, 0.3) is 0 Å². The van der Waals surface area contributed by atoms with E-state index in [1.54, 1.807) is 0 Å². The molecule has 0 spiro atoms. The number of rotatable bonds is 74. The maximum atomic E-state index is 14.3. The molecule has 0 aromatic heterocycles. The molecule has 1 rings (SSSR count). The van der Waals surface area contributed by atoms with E-state index in [1.807, 2.05) is 0 Å². The fourth-order valence-corrected chi connectivity index (χ4v) is 13.8. The molecule has 0 saturated carbocycles. The van der Waals surface area contributed by atoms with Crippen LogP contribution in [0.15, 0.2) is 4.99 Å². The van der Waals surface area contributed by atoms with Crippen LogP contribution < -0.4 is 0 Å². The van der Waals surface area contributed by atoms with E-state index in [1.165, 1.54) is 353 Å². The quantitative estimate of drug-likeness (QED) is 0.0569. The summed E-state index contributed by atoms with van der Waals surface area (Å²) < 4.78 is 0. The molecule has 0 radical (unpaired) electrons. The number of ketones is 1. The van der Waals surface area contributed by atoms with Gasteiger partial charge in [0.15, 0.2) is 0 Å². The molecule has 0 aromatic rings. The lowest BCUT2D eigenvalue weighted by Crippen LogP contribution is -2.45. The van der Waals surface area contributed by atoms with Crippen LogP contribution >= 0.6 is 0 Å². The Labute approximate surface area is 552 Å². The van der Waals surface area contributed by atoms with E-state index in [-0.39, 0.29) is 11.8 Å². The molecule has 0 atom stereocenters. The van der Waals surface area contributed by atoms with Crippen LogP contribution in [-0.4, -0.2) is 83.9 Å². The number of unbranched alkanes of at least 4 members (excludes halogenated alkanes) is 56. The molecule has 1 aliphatic rings. The van der Waals surface area contributed by atoms with Crippen LogP contribution in [0, 0.1) is 0 Å². The van der Waals surface area contributed by atoms with Gasteiger partial charge >= 0.3 is 0 Å². The van der Waals surface area contributed by atoms with Crippen molar-refractivity contribution in [3.05, 3.63) is 0 Å². The molecule has 7 nitrogen and oxygen atoms in total. The maximum Gasteiger partial charge on any atom is 0.222 e. The standard InChI is InChI=1S/C81H158N4O3/c1-5-9-13-17-21-25-29-33-37-41-45-49-53-57-61-66-78(86)67-65-72-84(80(87)69-63-59-55-51-47-43-39-35-31-27-23-19-15-11-7-3)76-77-85(81(88)70-64-60-56-52-48-44-40-36-32-28-24-20-16-12-8-4)75-74-83-73-71-82-79(83)68-62-58-54-50-46-42-38-34-30-26-22-18-14-10-6-2/h5-77H2,1-4H3. The van der Waals surface area contributed by atoms with E-state index < -0.39 is 0 Å². The first kappa shape index (κ1) is 84.1. The van der Waals surface area contributed by atoms with Crippen molar-refractivity contribution < 1.29 is 14.4 Å². The van der Waals surface area contributed by atoms with Crippen molar-refractivity contribution >= 4 is 23.4 Å². The average Bonchev–Trinajstić information content (AvgIpc) is 4.21. The topological polar surface area (TPSA) is 73.3 Å². The summed E-state index contributed by atoms with van der Waals surface area (Å²) in [7, 11) is 0. The zero-order valence-electron chi connectivity index (χ0n) is 60.6. The Morgan fingerprint density at radius 2 is 0.523 bits per heavy atom. The van der Waals surface area contributed by atoms with Gasteiger partial charge in [0.1, 0.15) is 5.78 Å². The Hall–Kier alpha value is -1.92. The van der Waals surface area contributed by atoms with Gasteiger partial charge in [-0.25, -0.2) is 0 Å². The largest absolute Gasteiger partial charge is 0.357 e. The lowest BCUT2D eigenvalue weighted by molar-refractivity contribution is -0.135. The minimum Gasteiger partial charge on any atom is -0.357 e.